The zero-order valence-electron chi connectivity index (χ0n) is 11.0. The minimum Gasteiger partial charge on any atom is -0.330 e. The molecule has 0 aliphatic heterocycles. The van der Waals surface area contributed by atoms with Crippen molar-refractivity contribution in [2.24, 2.45) is 11.7 Å². The fourth-order valence-corrected chi connectivity index (χ4v) is 2.26. The third kappa shape index (κ3) is 5.83. The number of amides is 1. The third-order valence-electron chi connectivity index (χ3n) is 2.58. The minimum atomic E-state index is -4.24. The smallest absolute Gasteiger partial charge is 0.330 e. The number of halogens is 3. The molecule has 1 atom stereocenters. The number of alkyl halides is 3. The summed E-state index contributed by atoms with van der Waals surface area (Å²) < 4.78 is 36.7. The molecule has 0 saturated carbocycles. The molecule has 0 saturated heterocycles. The van der Waals surface area contributed by atoms with E-state index in [1.807, 2.05) is 0 Å². The molecule has 0 spiro atoms. The lowest BCUT2D eigenvalue weighted by molar-refractivity contribution is -0.119. The molecular weight excluding hydrogens is 289 g/mol. The van der Waals surface area contributed by atoms with E-state index in [-0.39, 0.29) is 11.8 Å². The summed E-state index contributed by atoms with van der Waals surface area (Å²) >= 11 is 0.657. The molecule has 3 N–H and O–H groups in total. The number of nitrogens with one attached hydrogen (secondary N) is 1. The van der Waals surface area contributed by atoms with E-state index in [9.17, 15) is 18.0 Å². The summed E-state index contributed by atoms with van der Waals surface area (Å²) in [6, 6.07) is 6.45. The number of rotatable bonds is 6. The molecule has 20 heavy (non-hydrogen) atoms. The Morgan fingerprint density at radius 1 is 1.40 bits per heavy atom. The average molecular weight is 306 g/mol. The molecule has 0 heterocycles. The highest BCUT2D eigenvalue weighted by Crippen LogP contribution is 2.32. The fourth-order valence-electron chi connectivity index (χ4n) is 1.49. The predicted octanol–water partition coefficient (Wildman–Crippen LogP) is 3.26. The van der Waals surface area contributed by atoms with Crippen LogP contribution in [0.4, 0.5) is 18.9 Å². The van der Waals surface area contributed by atoms with Gasteiger partial charge in [0.05, 0.1) is 11.4 Å². The molecule has 1 aromatic carbocycles. The standard InChI is InChI=1S/C13H17F3N2OS/c1-9(6-7-17)12(19)18-10-4-2-3-5-11(10)20-8-13(14,15)16/h2-5,9H,6-8,17H2,1H3,(H,18,19). The van der Waals surface area contributed by atoms with Gasteiger partial charge in [0, 0.05) is 10.8 Å². The van der Waals surface area contributed by atoms with Gasteiger partial charge in [0.2, 0.25) is 5.91 Å². The number of anilines is 1. The number of carbonyl (C=O) groups excluding carboxylic acids is 1. The van der Waals surface area contributed by atoms with Gasteiger partial charge in [-0.3, -0.25) is 4.79 Å². The summed E-state index contributed by atoms with van der Waals surface area (Å²) in [6.07, 6.45) is -3.71. The Bertz CT molecular complexity index is 451. The summed E-state index contributed by atoms with van der Waals surface area (Å²) in [6.45, 7) is 2.12. The van der Waals surface area contributed by atoms with E-state index in [4.69, 9.17) is 5.73 Å². The molecule has 1 aromatic rings. The van der Waals surface area contributed by atoms with Crippen LogP contribution in [-0.4, -0.2) is 24.4 Å². The van der Waals surface area contributed by atoms with E-state index in [1.54, 1.807) is 31.2 Å². The highest BCUT2D eigenvalue weighted by Gasteiger charge is 2.27. The van der Waals surface area contributed by atoms with Crippen LogP contribution in [0.5, 0.6) is 0 Å². The fraction of sp³-hybridized carbons (Fsp3) is 0.462. The van der Waals surface area contributed by atoms with Gasteiger partial charge in [-0.25, -0.2) is 0 Å². The van der Waals surface area contributed by atoms with E-state index in [0.29, 0.717) is 35.3 Å². The summed E-state index contributed by atoms with van der Waals surface area (Å²) in [7, 11) is 0. The van der Waals surface area contributed by atoms with Crippen molar-refractivity contribution >= 4 is 23.4 Å². The zero-order valence-corrected chi connectivity index (χ0v) is 11.9. The number of para-hydroxylation sites is 1. The molecule has 1 amide bonds. The van der Waals surface area contributed by atoms with Crippen molar-refractivity contribution in [3.05, 3.63) is 24.3 Å². The third-order valence-corrected chi connectivity index (χ3v) is 3.72. The van der Waals surface area contributed by atoms with Gasteiger partial charge in [-0.1, -0.05) is 19.1 Å². The summed E-state index contributed by atoms with van der Waals surface area (Å²) in [5.74, 6) is -1.51. The molecule has 7 heteroatoms. The van der Waals surface area contributed by atoms with Crippen molar-refractivity contribution in [1.82, 2.24) is 0 Å². The van der Waals surface area contributed by atoms with Gasteiger partial charge < -0.3 is 11.1 Å². The summed E-state index contributed by atoms with van der Waals surface area (Å²) in [5, 5.41) is 2.65. The van der Waals surface area contributed by atoms with E-state index < -0.39 is 11.9 Å². The number of carbonyl (C=O) groups is 1. The highest BCUT2D eigenvalue weighted by molar-refractivity contribution is 7.99. The first kappa shape index (κ1) is 16.8. The van der Waals surface area contributed by atoms with E-state index in [0.717, 1.165) is 0 Å². The van der Waals surface area contributed by atoms with Crippen molar-refractivity contribution in [3.8, 4) is 0 Å². The Hall–Kier alpha value is -1.21. The molecule has 3 nitrogen and oxygen atoms in total. The molecule has 0 aliphatic rings. The van der Waals surface area contributed by atoms with Crippen LogP contribution < -0.4 is 11.1 Å². The Morgan fingerprint density at radius 3 is 2.65 bits per heavy atom. The lowest BCUT2D eigenvalue weighted by atomic mass is 10.1. The average Bonchev–Trinajstić information content (AvgIpc) is 2.37. The summed E-state index contributed by atoms with van der Waals surface area (Å²) in [5.41, 5.74) is 5.78. The quantitative estimate of drug-likeness (QED) is 0.793. The predicted molar refractivity (Wildman–Crippen MR) is 74.7 cm³/mol. The van der Waals surface area contributed by atoms with Crippen LogP contribution in [0.15, 0.2) is 29.2 Å². The molecule has 0 bridgehead atoms. The molecule has 1 rings (SSSR count). The van der Waals surface area contributed by atoms with Gasteiger partial charge in [0.15, 0.2) is 0 Å². The minimum absolute atomic E-state index is 0.240. The lowest BCUT2D eigenvalue weighted by Gasteiger charge is -2.14. The Kier molecular flexibility index (Phi) is 6.35. The van der Waals surface area contributed by atoms with Crippen molar-refractivity contribution < 1.29 is 18.0 Å². The van der Waals surface area contributed by atoms with Crippen molar-refractivity contribution in [2.75, 3.05) is 17.6 Å². The Morgan fingerprint density at radius 2 is 2.05 bits per heavy atom. The first-order chi connectivity index (χ1) is 9.33. The van der Waals surface area contributed by atoms with Gasteiger partial charge >= 0.3 is 6.18 Å². The van der Waals surface area contributed by atoms with Crippen molar-refractivity contribution in [2.45, 2.75) is 24.4 Å². The maximum absolute atomic E-state index is 12.2. The Labute approximate surface area is 120 Å². The Balaban J connectivity index is 2.72. The van der Waals surface area contributed by atoms with Crippen LogP contribution in [0, 0.1) is 5.92 Å². The molecule has 0 radical (unpaired) electrons. The molecular formula is C13H17F3N2OS. The number of benzene rings is 1. The number of hydrogen-bond acceptors (Lipinski definition) is 3. The molecule has 1 unspecified atom stereocenters. The first-order valence-corrected chi connectivity index (χ1v) is 7.11. The second-order valence-corrected chi connectivity index (χ2v) is 5.38. The van der Waals surface area contributed by atoms with E-state index >= 15 is 0 Å². The number of nitrogens with two attached hydrogens (primary N) is 1. The van der Waals surface area contributed by atoms with E-state index in [1.165, 1.54) is 0 Å². The normalized spacial score (nSPS) is 13.1. The van der Waals surface area contributed by atoms with Gasteiger partial charge in [-0.15, -0.1) is 11.8 Å². The van der Waals surface area contributed by atoms with Crippen LogP contribution >= 0.6 is 11.8 Å². The van der Waals surface area contributed by atoms with Gasteiger partial charge in [0.25, 0.3) is 0 Å². The lowest BCUT2D eigenvalue weighted by Crippen LogP contribution is -2.23. The van der Waals surface area contributed by atoms with Gasteiger partial charge in [-0.05, 0) is 25.1 Å². The topological polar surface area (TPSA) is 55.1 Å². The highest BCUT2D eigenvalue weighted by atomic mass is 32.2. The van der Waals surface area contributed by atoms with Gasteiger partial charge in [0.1, 0.15) is 0 Å². The van der Waals surface area contributed by atoms with Crippen LogP contribution in [0.2, 0.25) is 0 Å². The zero-order chi connectivity index (χ0) is 15.2. The molecule has 112 valence electrons. The number of thioether (sulfide) groups is 1. The molecule has 0 fully saturated rings. The maximum Gasteiger partial charge on any atom is 0.398 e. The SMILES string of the molecule is CC(CCN)C(=O)Nc1ccccc1SCC(F)(F)F. The summed E-state index contributed by atoms with van der Waals surface area (Å²) in [4.78, 5) is 12.3. The van der Waals surface area contributed by atoms with E-state index in [2.05, 4.69) is 5.32 Å². The molecule has 0 aliphatic carbocycles. The number of hydrogen-bond donors (Lipinski definition) is 2. The van der Waals surface area contributed by atoms with Crippen LogP contribution in [0.25, 0.3) is 0 Å². The monoisotopic (exact) mass is 306 g/mol. The maximum atomic E-state index is 12.2. The first-order valence-electron chi connectivity index (χ1n) is 6.13. The molecule has 0 aromatic heterocycles. The van der Waals surface area contributed by atoms with Crippen molar-refractivity contribution in [1.29, 1.82) is 0 Å². The van der Waals surface area contributed by atoms with Crippen LogP contribution in [0.3, 0.4) is 0 Å². The van der Waals surface area contributed by atoms with Crippen molar-refractivity contribution in [3.63, 3.8) is 0 Å². The van der Waals surface area contributed by atoms with Crippen LogP contribution in [-0.2, 0) is 4.79 Å². The second kappa shape index (κ2) is 7.54. The van der Waals surface area contributed by atoms with Gasteiger partial charge in [-0.2, -0.15) is 13.2 Å². The second-order valence-electron chi connectivity index (χ2n) is 4.37. The van der Waals surface area contributed by atoms with Crippen LogP contribution in [0.1, 0.15) is 13.3 Å². The largest absolute Gasteiger partial charge is 0.398 e.